The van der Waals surface area contributed by atoms with E-state index in [4.69, 9.17) is 4.74 Å². The van der Waals surface area contributed by atoms with Gasteiger partial charge in [0.15, 0.2) is 12.6 Å². The van der Waals surface area contributed by atoms with Crippen molar-refractivity contribution in [2.75, 3.05) is 31.6 Å². The third-order valence-electron chi connectivity index (χ3n) is 5.24. The highest BCUT2D eigenvalue weighted by Gasteiger charge is 2.24. The van der Waals surface area contributed by atoms with Crippen LogP contribution in [-0.4, -0.2) is 44.7 Å². The number of carbonyl (C=O) groups excluding carboxylic acids is 1. The van der Waals surface area contributed by atoms with Crippen LogP contribution in [0.15, 0.2) is 29.3 Å². The van der Waals surface area contributed by atoms with E-state index in [1.54, 1.807) is 0 Å². The fourth-order valence-electron chi connectivity index (χ4n) is 3.64. The predicted octanol–water partition coefficient (Wildman–Crippen LogP) is 3.16. The van der Waals surface area contributed by atoms with Gasteiger partial charge in [-0.15, -0.1) is 24.0 Å². The molecular formula is C20H31IN4O2. The molecule has 0 atom stereocenters. The quantitative estimate of drug-likeness (QED) is 0.291. The highest BCUT2D eigenvalue weighted by molar-refractivity contribution is 14.0. The van der Waals surface area contributed by atoms with Gasteiger partial charge >= 0.3 is 0 Å². The second kappa shape index (κ2) is 10.7. The van der Waals surface area contributed by atoms with Gasteiger partial charge in [-0.2, -0.15) is 0 Å². The predicted molar refractivity (Wildman–Crippen MR) is 120 cm³/mol. The molecule has 6 nitrogen and oxygen atoms in total. The highest BCUT2D eigenvalue weighted by Crippen LogP contribution is 2.31. The minimum Gasteiger partial charge on any atom is -0.482 e. The molecule has 1 heterocycles. The lowest BCUT2D eigenvalue weighted by atomic mass is 9.87. The van der Waals surface area contributed by atoms with Crippen LogP contribution in [0.1, 0.15) is 39.0 Å². The zero-order valence-electron chi connectivity index (χ0n) is 16.2. The number of nitrogens with one attached hydrogen (secondary N) is 2. The lowest BCUT2D eigenvalue weighted by molar-refractivity contribution is -0.121. The lowest BCUT2D eigenvalue weighted by Crippen LogP contribution is -2.46. The van der Waals surface area contributed by atoms with Crippen LogP contribution in [0.5, 0.6) is 5.75 Å². The Kier molecular flexibility index (Phi) is 8.66. The number of guanidine groups is 1. The van der Waals surface area contributed by atoms with E-state index in [0.29, 0.717) is 12.6 Å². The molecule has 7 heteroatoms. The normalized spacial score (nSPS) is 22.4. The summed E-state index contributed by atoms with van der Waals surface area (Å²) in [6.07, 6.45) is 5.84. The number of hydrogen-bond donors (Lipinski definition) is 2. The molecule has 0 spiro atoms. The van der Waals surface area contributed by atoms with Gasteiger partial charge in [0.05, 0.1) is 5.69 Å². The van der Waals surface area contributed by atoms with E-state index in [-0.39, 0.29) is 36.5 Å². The van der Waals surface area contributed by atoms with Gasteiger partial charge in [0.1, 0.15) is 5.75 Å². The van der Waals surface area contributed by atoms with E-state index in [0.717, 1.165) is 36.3 Å². The number of nitrogens with zero attached hydrogens (tertiary/aromatic N) is 2. The number of anilines is 1. The second-order valence-electron chi connectivity index (χ2n) is 7.26. The number of fused-ring (bicyclic) bond motifs is 1. The van der Waals surface area contributed by atoms with Crippen LogP contribution in [-0.2, 0) is 4.79 Å². The summed E-state index contributed by atoms with van der Waals surface area (Å²) < 4.78 is 5.48. The van der Waals surface area contributed by atoms with Gasteiger partial charge < -0.3 is 20.3 Å². The van der Waals surface area contributed by atoms with E-state index in [2.05, 4.69) is 22.5 Å². The van der Waals surface area contributed by atoms with Crippen molar-refractivity contribution in [2.45, 2.75) is 45.1 Å². The van der Waals surface area contributed by atoms with Crippen LogP contribution in [0.25, 0.3) is 0 Å². The van der Waals surface area contributed by atoms with Crippen molar-refractivity contribution in [1.29, 1.82) is 0 Å². The maximum atomic E-state index is 12.2. The first kappa shape index (κ1) is 21.8. The van der Waals surface area contributed by atoms with Gasteiger partial charge in [0.25, 0.3) is 5.91 Å². The fourth-order valence-corrected chi connectivity index (χ4v) is 3.64. The summed E-state index contributed by atoms with van der Waals surface area (Å²) in [4.78, 5) is 18.3. The number of amides is 1. The Morgan fingerprint density at radius 3 is 2.74 bits per heavy atom. The van der Waals surface area contributed by atoms with Crippen LogP contribution in [0, 0.1) is 5.92 Å². The van der Waals surface area contributed by atoms with Crippen molar-refractivity contribution in [2.24, 2.45) is 10.9 Å². The number of para-hydroxylation sites is 2. The van der Waals surface area contributed by atoms with Crippen LogP contribution >= 0.6 is 24.0 Å². The minimum absolute atomic E-state index is 0. The molecule has 3 rings (SSSR count). The van der Waals surface area contributed by atoms with Gasteiger partial charge in [-0.1, -0.05) is 19.1 Å². The van der Waals surface area contributed by atoms with Crippen LogP contribution < -0.4 is 20.3 Å². The first-order valence-corrected chi connectivity index (χ1v) is 9.66. The number of rotatable bonds is 5. The number of halogens is 1. The van der Waals surface area contributed by atoms with E-state index in [9.17, 15) is 4.79 Å². The monoisotopic (exact) mass is 486 g/mol. The van der Waals surface area contributed by atoms with Crippen molar-refractivity contribution < 1.29 is 9.53 Å². The SMILES string of the molecule is CN=C(NCCCN1C(=O)COc2ccccc21)NC1CCC(C)CC1.I. The summed E-state index contributed by atoms with van der Waals surface area (Å²) in [5, 5.41) is 6.90. The van der Waals surface area contributed by atoms with Crippen molar-refractivity contribution in [3.8, 4) is 5.75 Å². The largest absolute Gasteiger partial charge is 0.482 e. The van der Waals surface area contributed by atoms with Crippen molar-refractivity contribution in [3.05, 3.63) is 24.3 Å². The maximum absolute atomic E-state index is 12.2. The molecule has 1 amide bonds. The molecule has 0 unspecified atom stereocenters. The first-order valence-electron chi connectivity index (χ1n) is 9.66. The molecule has 2 N–H and O–H groups in total. The van der Waals surface area contributed by atoms with Crippen LogP contribution in [0.2, 0.25) is 0 Å². The third kappa shape index (κ3) is 5.99. The standard InChI is InChI=1S/C20H30N4O2.HI/c1-15-8-10-16(11-9-15)23-20(21-2)22-12-5-13-24-17-6-3-4-7-18(17)26-14-19(24)25;/h3-4,6-7,15-16H,5,8-14H2,1-2H3,(H2,21,22,23);1H. The second-order valence-corrected chi connectivity index (χ2v) is 7.26. The highest BCUT2D eigenvalue weighted by atomic mass is 127. The van der Waals surface area contributed by atoms with E-state index >= 15 is 0 Å². The summed E-state index contributed by atoms with van der Waals surface area (Å²) >= 11 is 0. The molecule has 2 aliphatic rings. The molecule has 27 heavy (non-hydrogen) atoms. The van der Waals surface area contributed by atoms with Crippen molar-refractivity contribution in [3.63, 3.8) is 0 Å². The molecular weight excluding hydrogens is 455 g/mol. The lowest BCUT2D eigenvalue weighted by Gasteiger charge is -2.30. The topological polar surface area (TPSA) is 66.0 Å². The number of hydrogen-bond acceptors (Lipinski definition) is 3. The fraction of sp³-hybridized carbons (Fsp3) is 0.600. The number of aliphatic imine (C=N–C) groups is 1. The summed E-state index contributed by atoms with van der Waals surface area (Å²) in [6, 6.07) is 8.22. The Balaban J connectivity index is 0.00000261. The molecule has 0 radical (unpaired) electrons. The van der Waals surface area contributed by atoms with Gasteiger partial charge in [-0.3, -0.25) is 9.79 Å². The van der Waals surface area contributed by atoms with Crippen LogP contribution in [0.4, 0.5) is 5.69 Å². The van der Waals surface area contributed by atoms with Gasteiger partial charge in [-0.25, -0.2) is 0 Å². The third-order valence-corrected chi connectivity index (χ3v) is 5.24. The zero-order valence-corrected chi connectivity index (χ0v) is 18.6. The number of benzene rings is 1. The molecule has 1 aromatic carbocycles. The average Bonchev–Trinajstić information content (AvgIpc) is 2.67. The van der Waals surface area contributed by atoms with Crippen molar-refractivity contribution >= 4 is 41.5 Å². The van der Waals surface area contributed by atoms with E-state index in [1.165, 1.54) is 25.7 Å². The Bertz CT molecular complexity index is 645. The van der Waals surface area contributed by atoms with E-state index in [1.807, 2.05) is 36.2 Å². The van der Waals surface area contributed by atoms with Gasteiger partial charge in [0, 0.05) is 26.2 Å². The summed E-state index contributed by atoms with van der Waals surface area (Å²) in [7, 11) is 1.81. The Morgan fingerprint density at radius 2 is 2.00 bits per heavy atom. The summed E-state index contributed by atoms with van der Waals surface area (Å²) in [6.45, 7) is 3.89. The molecule has 1 aliphatic carbocycles. The van der Waals surface area contributed by atoms with Crippen molar-refractivity contribution in [1.82, 2.24) is 10.6 Å². The Morgan fingerprint density at radius 1 is 1.26 bits per heavy atom. The molecule has 1 saturated carbocycles. The van der Waals surface area contributed by atoms with E-state index < -0.39 is 0 Å². The maximum Gasteiger partial charge on any atom is 0.265 e. The van der Waals surface area contributed by atoms with Crippen LogP contribution in [0.3, 0.4) is 0 Å². The molecule has 150 valence electrons. The summed E-state index contributed by atoms with van der Waals surface area (Å²) in [5.74, 6) is 2.50. The van der Waals surface area contributed by atoms with Gasteiger partial charge in [0.2, 0.25) is 0 Å². The molecule has 0 bridgehead atoms. The number of carbonyl (C=O) groups is 1. The minimum atomic E-state index is 0. The Hall–Kier alpha value is -1.51. The number of ether oxygens (including phenoxy) is 1. The molecule has 1 aromatic rings. The molecule has 1 fully saturated rings. The average molecular weight is 486 g/mol. The molecule has 0 aromatic heterocycles. The molecule has 0 saturated heterocycles. The zero-order chi connectivity index (χ0) is 18.4. The first-order chi connectivity index (χ1) is 12.7. The van der Waals surface area contributed by atoms with Gasteiger partial charge in [-0.05, 0) is 50.2 Å². The molecule has 1 aliphatic heterocycles. The smallest absolute Gasteiger partial charge is 0.265 e. The Labute approximate surface area is 179 Å². The summed E-state index contributed by atoms with van der Waals surface area (Å²) in [5.41, 5.74) is 0.864.